The highest BCUT2D eigenvalue weighted by Gasteiger charge is 2.26. The van der Waals surface area contributed by atoms with E-state index in [9.17, 15) is 13.2 Å². The Labute approximate surface area is 216 Å². The Morgan fingerprint density at radius 3 is 2.74 bits per heavy atom. The van der Waals surface area contributed by atoms with E-state index in [-0.39, 0.29) is 18.2 Å². The molecule has 1 saturated heterocycles. The van der Waals surface area contributed by atoms with E-state index in [0.29, 0.717) is 41.0 Å². The number of hydrogen-bond acceptors (Lipinski definition) is 6. The number of halogens is 2. The van der Waals surface area contributed by atoms with Gasteiger partial charge in [-0.05, 0) is 54.9 Å². The van der Waals surface area contributed by atoms with Gasteiger partial charge in [-0.15, -0.1) is 0 Å². The fraction of sp³-hybridized carbons (Fsp3) is 0.542. The van der Waals surface area contributed by atoms with E-state index >= 15 is 0 Å². The first-order valence-electron chi connectivity index (χ1n) is 11.8. The first kappa shape index (κ1) is 26.1. The number of urea groups is 1. The SMILES string of the molecule is CS(=O)(=O)CCC(NC(=O)N1CCc2cnc(CC3CCOCC3)nc2C1)c1ccc(Cl)c(Cl)c1. The highest BCUT2D eigenvalue weighted by molar-refractivity contribution is 7.90. The molecule has 2 aliphatic rings. The van der Waals surface area contributed by atoms with Crippen molar-refractivity contribution in [2.75, 3.05) is 31.8 Å². The van der Waals surface area contributed by atoms with Crippen molar-refractivity contribution >= 4 is 39.1 Å². The molecule has 1 aromatic carbocycles. The van der Waals surface area contributed by atoms with Gasteiger partial charge >= 0.3 is 6.03 Å². The van der Waals surface area contributed by atoms with E-state index < -0.39 is 15.9 Å². The molecule has 35 heavy (non-hydrogen) atoms. The Balaban J connectivity index is 1.45. The van der Waals surface area contributed by atoms with E-state index in [4.69, 9.17) is 32.9 Å². The molecule has 0 saturated carbocycles. The van der Waals surface area contributed by atoms with Gasteiger partial charge in [-0.25, -0.2) is 23.2 Å². The van der Waals surface area contributed by atoms with Crippen molar-refractivity contribution < 1.29 is 17.9 Å². The summed E-state index contributed by atoms with van der Waals surface area (Å²) >= 11 is 12.2. The second-order valence-electron chi connectivity index (χ2n) is 9.28. The molecule has 1 unspecified atom stereocenters. The van der Waals surface area contributed by atoms with Gasteiger partial charge in [0.1, 0.15) is 15.7 Å². The lowest BCUT2D eigenvalue weighted by Gasteiger charge is -2.30. The molecule has 190 valence electrons. The normalized spacial score (nSPS) is 17.6. The maximum atomic E-state index is 13.2. The van der Waals surface area contributed by atoms with Crippen LogP contribution in [0, 0.1) is 5.92 Å². The number of nitrogens with zero attached hydrogens (tertiary/aromatic N) is 3. The van der Waals surface area contributed by atoms with Gasteiger partial charge in [0.2, 0.25) is 0 Å². The Kier molecular flexibility index (Phi) is 8.52. The number of aromatic nitrogens is 2. The zero-order valence-electron chi connectivity index (χ0n) is 19.7. The van der Waals surface area contributed by atoms with E-state index in [2.05, 4.69) is 10.3 Å². The molecule has 0 bridgehead atoms. The number of rotatable bonds is 7. The quantitative estimate of drug-likeness (QED) is 0.569. The first-order chi connectivity index (χ1) is 16.7. The zero-order valence-corrected chi connectivity index (χ0v) is 22.0. The molecule has 1 aromatic heterocycles. The number of carbonyl (C=O) groups excluding carboxylic acids is 1. The molecule has 0 aliphatic carbocycles. The van der Waals surface area contributed by atoms with E-state index in [1.165, 1.54) is 6.26 Å². The molecule has 1 N–H and O–H groups in total. The summed E-state index contributed by atoms with van der Waals surface area (Å²) in [5.41, 5.74) is 2.63. The third-order valence-corrected chi connectivity index (χ3v) is 8.23. The molecule has 2 aromatic rings. The van der Waals surface area contributed by atoms with Gasteiger partial charge in [-0.2, -0.15) is 0 Å². The number of amides is 2. The maximum Gasteiger partial charge on any atom is 0.318 e. The smallest absolute Gasteiger partial charge is 0.318 e. The van der Waals surface area contributed by atoms with Crippen LogP contribution in [0.3, 0.4) is 0 Å². The molecule has 0 radical (unpaired) electrons. The summed E-state index contributed by atoms with van der Waals surface area (Å²) in [4.78, 5) is 24.3. The molecule has 3 heterocycles. The fourth-order valence-corrected chi connectivity index (χ4v) is 5.42. The average Bonchev–Trinajstić information content (AvgIpc) is 2.83. The highest BCUT2D eigenvalue weighted by atomic mass is 35.5. The Morgan fingerprint density at radius 1 is 1.26 bits per heavy atom. The standard InChI is InChI=1S/C24H30Cl2N4O4S/c1-35(32,33)11-7-21(17-2-3-19(25)20(26)13-17)29-24(31)30-8-4-18-14-27-23(28-22(18)15-30)12-16-5-9-34-10-6-16/h2-3,13-14,16,21H,4-12,15H2,1H3,(H,29,31). The van der Waals surface area contributed by atoms with E-state index in [0.717, 1.165) is 49.6 Å². The van der Waals surface area contributed by atoms with Crippen molar-refractivity contribution in [2.24, 2.45) is 5.92 Å². The minimum atomic E-state index is -3.21. The molecule has 2 aliphatic heterocycles. The van der Waals surface area contributed by atoms with Crippen molar-refractivity contribution in [1.82, 2.24) is 20.2 Å². The van der Waals surface area contributed by atoms with E-state index in [1.807, 2.05) is 6.20 Å². The average molecular weight is 542 g/mol. The van der Waals surface area contributed by atoms with Crippen molar-refractivity contribution in [1.29, 1.82) is 0 Å². The number of fused-ring (bicyclic) bond motifs is 1. The Bertz CT molecular complexity index is 1170. The van der Waals surface area contributed by atoms with Gasteiger partial charge in [0, 0.05) is 38.6 Å². The van der Waals surface area contributed by atoms with Crippen LogP contribution in [-0.2, 0) is 34.0 Å². The Morgan fingerprint density at radius 2 is 2.03 bits per heavy atom. The summed E-state index contributed by atoms with van der Waals surface area (Å²) in [6.07, 6.45) is 6.80. The molecule has 4 rings (SSSR count). The number of benzene rings is 1. The third kappa shape index (κ3) is 7.29. The summed E-state index contributed by atoms with van der Waals surface area (Å²) in [6.45, 7) is 2.47. The minimum Gasteiger partial charge on any atom is -0.381 e. The predicted octanol–water partition coefficient (Wildman–Crippen LogP) is 4.00. The number of carbonyl (C=O) groups is 1. The topological polar surface area (TPSA) is 101 Å². The number of hydrogen-bond donors (Lipinski definition) is 1. The lowest BCUT2D eigenvalue weighted by atomic mass is 9.96. The molecule has 8 nitrogen and oxygen atoms in total. The fourth-order valence-electron chi connectivity index (χ4n) is 4.45. The van der Waals surface area contributed by atoms with Crippen LogP contribution in [-0.4, -0.2) is 61.1 Å². The second kappa shape index (κ2) is 11.4. The third-order valence-electron chi connectivity index (χ3n) is 6.52. The van der Waals surface area contributed by atoms with Gasteiger partial charge in [0.05, 0.1) is 34.1 Å². The predicted molar refractivity (Wildman–Crippen MR) is 135 cm³/mol. The van der Waals surface area contributed by atoms with Crippen LogP contribution < -0.4 is 5.32 Å². The van der Waals surface area contributed by atoms with Crippen molar-refractivity contribution in [2.45, 2.75) is 44.7 Å². The van der Waals surface area contributed by atoms with Crippen LogP contribution in [0.25, 0.3) is 0 Å². The van der Waals surface area contributed by atoms with Gasteiger partial charge < -0.3 is 15.0 Å². The maximum absolute atomic E-state index is 13.2. The van der Waals surface area contributed by atoms with Crippen molar-refractivity contribution in [3.8, 4) is 0 Å². The summed E-state index contributed by atoms with van der Waals surface area (Å²) < 4.78 is 29.0. The second-order valence-corrected chi connectivity index (χ2v) is 12.4. The molecule has 1 atom stereocenters. The highest BCUT2D eigenvalue weighted by Crippen LogP contribution is 2.28. The molecule has 1 fully saturated rings. The lowest BCUT2D eigenvalue weighted by Crippen LogP contribution is -2.44. The van der Waals surface area contributed by atoms with Crippen LogP contribution in [0.2, 0.25) is 10.0 Å². The first-order valence-corrected chi connectivity index (χ1v) is 14.6. The van der Waals surface area contributed by atoms with Crippen LogP contribution in [0.4, 0.5) is 4.79 Å². The monoisotopic (exact) mass is 540 g/mol. The van der Waals surface area contributed by atoms with Gasteiger partial charge in [-0.1, -0.05) is 29.3 Å². The minimum absolute atomic E-state index is 0.0657. The van der Waals surface area contributed by atoms with Gasteiger partial charge in [0.25, 0.3) is 0 Å². The molecular formula is C24H30Cl2N4O4S. The summed E-state index contributed by atoms with van der Waals surface area (Å²) in [5, 5.41) is 3.74. The number of sulfone groups is 1. The number of ether oxygens (including phenoxy) is 1. The summed E-state index contributed by atoms with van der Waals surface area (Å²) in [6, 6.07) is 4.27. The van der Waals surface area contributed by atoms with Crippen LogP contribution in [0.1, 0.15) is 47.9 Å². The van der Waals surface area contributed by atoms with Crippen molar-refractivity contribution in [3.05, 3.63) is 57.1 Å². The zero-order chi connectivity index (χ0) is 25.0. The summed E-state index contributed by atoms with van der Waals surface area (Å²) in [7, 11) is -3.21. The van der Waals surface area contributed by atoms with Crippen LogP contribution >= 0.6 is 23.2 Å². The molecule has 0 spiro atoms. The van der Waals surface area contributed by atoms with Crippen LogP contribution in [0.15, 0.2) is 24.4 Å². The molecular weight excluding hydrogens is 511 g/mol. The Hall–Kier alpha value is -1.94. The largest absolute Gasteiger partial charge is 0.381 e. The van der Waals surface area contributed by atoms with Gasteiger partial charge in [-0.3, -0.25) is 0 Å². The van der Waals surface area contributed by atoms with Crippen molar-refractivity contribution in [3.63, 3.8) is 0 Å². The molecule has 2 amide bonds. The van der Waals surface area contributed by atoms with Crippen LogP contribution in [0.5, 0.6) is 0 Å². The lowest BCUT2D eigenvalue weighted by molar-refractivity contribution is 0.0659. The molecule has 11 heteroatoms. The summed E-state index contributed by atoms with van der Waals surface area (Å²) in [5.74, 6) is 1.26. The van der Waals surface area contributed by atoms with E-state index in [1.54, 1.807) is 23.1 Å². The van der Waals surface area contributed by atoms with Gasteiger partial charge in [0.15, 0.2) is 0 Å². The number of nitrogens with one attached hydrogen (secondary N) is 1.